The fraction of sp³-hybridized carbons (Fsp3) is 0.333. The summed E-state index contributed by atoms with van der Waals surface area (Å²) >= 11 is 12.1. The Kier molecular flexibility index (Phi) is 4.77. The third kappa shape index (κ3) is 3.09. The molecule has 1 aromatic carbocycles. The van der Waals surface area contributed by atoms with E-state index in [1.54, 1.807) is 40.2 Å². The number of carbonyl (C=O) groups excluding carboxylic acids is 2. The first-order chi connectivity index (χ1) is 12.2. The molecule has 0 bridgehead atoms. The van der Waals surface area contributed by atoms with Crippen LogP contribution in [0, 0.1) is 0 Å². The van der Waals surface area contributed by atoms with Gasteiger partial charge in [0.05, 0.1) is 5.02 Å². The molecular weight excluding hydrogens is 377 g/mol. The molecule has 1 aromatic heterocycles. The van der Waals surface area contributed by atoms with Crippen molar-refractivity contribution in [2.24, 2.45) is 7.05 Å². The summed E-state index contributed by atoms with van der Waals surface area (Å²) in [6.45, 7) is 4.91. The van der Waals surface area contributed by atoms with Gasteiger partial charge >= 0.3 is 0 Å². The van der Waals surface area contributed by atoms with E-state index in [1.165, 1.54) is 0 Å². The monoisotopic (exact) mass is 395 g/mol. The highest BCUT2D eigenvalue weighted by Gasteiger charge is 2.35. The van der Waals surface area contributed by atoms with Crippen LogP contribution in [-0.2, 0) is 19.0 Å². The van der Waals surface area contributed by atoms with Crippen molar-refractivity contribution in [1.82, 2.24) is 14.9 Å². The van der Waals surface area contributed by atoms with Gasteiger partial charge in [0.2, 0.25) is 0 Å². The number of nitrogens with zero attached hydrogens (tertiary/aromatic N) is 2. The van der Waals surface area contributed by atoms with Gasteiger partial charge in [0, 0.05) is 31.1 Å². The maximum atomic E-state index is 13.0. The predicted octanol–water partition coefficient (Wildman–Crippen LogP) is 3.38. The van der Waals surface area contributed by atoms with Gasteiger partial charge in [-0.3, -0.25) is 14.8 Å². The Morgan fingerprint density at radius 1 is 1.23 bits per heavy atom. The van der Waals surface area contributed by atoms with Crippen molar-refractivity contribution in [1.29, 1.82) is 0 Å². The molecule has 2 heterocycles. The topological polar surface area (TPSA) is 74.6 Å². The summed E-state index contributed by atoms with van der Waals surface area (Å²) in [5.74, 6) is -0.715. The average molecular weight is 396 g/mol. The Hall–Kier alpha value is -2.02. The second-order valence-electron chi connectivity index (χ2n) is 7.09. The van der Waals surface area contributed by atoms with Crippen LogP contribution in [-0.4, -0.2) is 33.0 Å². The molecule has 2 aromatic rings. The molecule has 0 saturated heterocycles. The number of fused-ring (bicyclic) bond motifs is 1. The largest absolute Gasteiger partial charge is 0.332 e. The molecule has 2 N–H and O–H groups in total. The summed E-state index contributed by atoms with van der Waals surface area (Å²) in [7, 11) is 1.70. The number of rotatable bonds is 2. The zero-order valence-corrected chi connectivity index (χ0v) is 16.1. The zero-order valence-electron chi connectivity index (χ0n) is 14.6. The van der Waals surface area contributed by atoms with Crippen molar-refractivity contribution < 1.29 is 14.8 Å². The molecule has 3 rings (SSSR count). The molecule has 138 valence electrons. The lowest BCUT2D eigenvalue weighted by Crippen LogP contribution is -2.45. The van der Waals surface area contributed by atoms with E-state index >= 15 is 0 Å². The third-order valence-electron chi connectivity index (χ3n) is 4.77. The van der Waals surface area contributed by atoms with E-state index in [0.29, 0.717) is 34.5 Å². The third-order valence-corrected chi connectivity index (χ3v) is 5.61. The number of hydrogen-bond acceptors (Lipinski definition) is 3. The molecule has 1 aliphatic heterocycles. The first-order valence-corrected chi connectivity index (χ1v) is 8.79. The smallest absolute Gasteiger partial charge is 0.274 e. The summed E-state index contributed by atoms with van der Waals surface area (Å²) in [6.07, 6.45) is 0. The van der Waals surface area contributed by atoms with Crippen molar-refractivity contribution in [2.75, 3.05) is 6.54 Å². The lowest BCUT2D eigenvalue weighted by molar-refractivity contribution is 0.0671. The summed E-state index contributed by atoms with van der Waals surface area (Å²) < 4.78 is 1.57. The molecule has 0 radical (unpaired) electrons. The first kappa shape index (κ1) is 18.8. The van der Waals surface area contributed by atoms with E-state index in [9.17, 15) is 9.59 Å². The van der Waals surface area contributed by atoms with Crippen LogP contribution < -0.4 is 5.48 Å². The Labute approximate surface area is 161 Å². The molecular formula is C18H19Cl2N3O3. The Morgan fingerprint density at radius 2 is 1.92 bits per heavy atom. The Balaban J connectivity index is 1.96. The van der Waals surface area contributed by atoms with Crippen molar-refractivity contribution in [2.45, 2.75) is 25.8 Å². The van der Waals surface area contributed by atoms with Crippen molar-refractivity contribution >= 4 is 35.0 Å². The van der Waals surface area contributed by atoms with Gasteiger partial charge in [-0.2, -0.15) is 0 Å². The van der Waals surface area contributed by atoms with Crippen LogP contribution in [0.4, 0.5) is 0 Å². The van der Waals surface area contributed by atoms with Crippen molar-refractivity contribution in [3.05, 3.63) is 56.8 Å². The van der Waals surface area contributed by atoms with Gasteiger partial charge in [-0.1, -0.05) is 43.1 Å². The second kappa shape index (κ2) is 6.61. The van der Waals surface area contributed by atoms with Crippen LogP contribution in [0.1, 0.15) is 45.8 Å². The molecule has 1 aliphatic rings. The van der Waals surface area contributed by atoms with E-state index in [1.807, 2.05) is 19.9 Å². The highest BCUT2D eigenvalue weighted by Crippen LogP contribution is 2.35. The lowest BCUT2D eigenvalue weighted by atomic mass is 9.77. The molecule has 0 unspecified atom stereocenters. The summed E-state index contributed by atoms with van der Waals surface area (Å²) in [6, 6.07) is 6.78. The average Bonchev–Trinajstić information content (AvgIpc) is 2.87. The molecule has 2 amide bonds. The van der Waals surface area contributed by atoms with E-state index in [-0.39, 0.29) is 11.3 Å². The maximum Gasteiger partial charge on any atom is 0.274 e. The minimum Gasteiger partial charge on any atom is -0.332 e. The fourth-order valence-corrected chi connectivity index (χ4v) is 3.80. The fourth-order valence-electron chi connectivity index (χ4n) is 3.43. The molecule has 0 fully saturated rings. The van der Waals surface area contributed by atoms with E-state index in [2.05, 4.69) is 0 Å². The summed E-state index contributed by atoms with van der Waals surface area (Å²) in [5.41, 5.74) is 4.01. The van der Waals surface area contributed by atoms with Gasteiger partial charge in [-0.15, -0.1) is 0 Å². The van der Waals surface area contributed by atoms with Gasteiger partial charge in [0.1, 0.15) is 10.8 Å². The van der Waals surface area contributed by atoms with Crippen molar-refractivity contribution in [3.8, 4) is 0 Å². The quantitative estimate of drug-likeness (QED) is 0.604. The normalized spacial score (nSPS) is 15.5. The van der Waals surface area contributed by atoms with Gasteiger partial charge in [-0.25, -0.2) is 5.48 Å². The molecule has 0 atom stereocenters. The standard InChI is InChI=1S/C18H19Cl2N3O3/c1-18(2)9-23(17(25)14-7-13(19)15(20)22(14)3)8-11-5-4-10(6-12(11)18)16(24)21-26/h4-7,26H,8-9H2,1-3H3,(H,21,24). The van der Waals surface area contributed by atoms with E-state index in [4.69, 9.17) is 28.4 Å². The Bertz CT molecular complexity index is 905. The molecule has 0 spiro atoms. The summed E-state index contributed by atoms with van der Waals surface area (Å²) in [4.78, 5) is 26.4. The van der Waals surface area contributed by atoms with Gasteiger partial charge in [0.25, 0.3) is 11.8 Å². The number of halogens is 2. The highest BCUT2D eigenvalue weighted by atomic mass is 35.5. The lowest BCUT2D eigenvalue weighted by Gasteiger charge is -2.40. The van der Waals surface area contributed by atoms with Gasteiger partial charge in [0.15, 0.2) is 0 Å². The summed E-state index contributed by atoms with van der Waals surface area (Å²) in [5, 5.41) is 9.50. The Morgan fingerprint density at radius 3 is 2.50 bits per heavy atom. The first-order valence-electron chi connectivity index (χ1n) is 8.03. The molecule has 0 aliphatic carbocycles. The minimum atomic E-state index is -0.560. The van der Waals surface area contributed by atoms with E-state index in [0.717, 1.165) is 11.1 Å². The van der Waals surface area contributed by atoms with Crippen LogP contribution >= 0.6 is 23.2 Å². The maximum absolute atomic E-state index is 13.0. The minimum absolute atomic E-state index is 0.155. The van der Waals surface area contributed by atoms with Crippen LogP contribution in [0.5, 0.6) is 0 Å². The molecule has 6 nitrogen and oxygen atoms in total. The van der Waals surface area contributed by atoms with Gasteiger partial charge < -0.3 is 9.47 Å². The number of aromatic nitrogens is 1. The van der Waals surface area contributed by atoms with E-state index < -0.39 is 5.91 Å². The van der Waals surface area contributed by atoms with Crippen LogP contribution in [0.25, 0.3) is 0 Å². The van der Waals surface area contributed by atoms with Crippen LogP contribution in [0.15, 0.2) is 24.3 Å². The molecule has 0 saturated carbocycles. The van der Waals surface area contributed by atoms with Crippen LogP contribution in [0.2, 0.25) is 10.2 Å². The number of hydrogen-bond donors (Lipinski definition) is 2. The van der Waals surface area contributed by atoms with Gasteiger partial charge in [-0.05, 0) is 29.3 Å². The predicted molar refractivity (Wildman–Crippen MR) is 98.9 cm³/mol. The number of hydroxylamine groups is 1. The number of carbonyl (C=O) groups is 2. The molecule has 26 heavy (non-hydrogen) atoms. The second-order valence-corrected chi connectivity index (χ2v) is 7.85. The number of benzene rings is 1. The number of amides is 2. The van der Waals surface area contributed by atoms with Crippen molar-refractivity contribution in [3.63, 3.8) is 0 Å². The zero-order chi connectivity index (χ0) is 19.2. The molecule has 8 heteroatoms. The highest BCUT2D eigenvalue weighted by molar-refractivity contribution is 6.41. The van der Waals surface area contributed by atoms with Crippen LogP contribution in [0.3, 0.4) is 0 Å². The SMILES string of the molecule is Cn1c(C(=O)N2Cc3ccc(C(=O)NO)cc3C(C)(C)C2)cc(Cl)c1Cl. The number of nitrogens with one attached hydrogen (secondary N) is 1.